The number of aromatic nitrogens is 2. The highest BCUT2D eigenvalue weighted by molar-refractivity contribution is 7.98. The maximum Gasteiger partial charge on any atom is 0.259 e. The smallest absolute Gasteiger partial charge is 0.259 e. The Kier molecular flexibility index (Phi) is 5.65. The minimum Gasteiger partial charge on any atom is -0.338 e. The molecule has 0 fully saturated rings. The quantitative estimate of drug-likeness (QED) is 0.609. The molecule has 0 saturated carbocycles. The van der Waals surface area contributed by atoms with E-state index in [1.807, 2.05) is 11.0 Å². The van der Waals surface area contributed by atoms with Gasteiger partial charge in [-0.15, -0.1) is 11.3 Å². The summed E-state index contributed by atoms with van der Waals surface area (Å²) in [7, 11) is 0. The summed E-state index contributed by atoms with van der Waals surface area (Å²) in [6, 6.07) is 8.37. The molecule has 1 aromatic carbocycles. The first kappa shape index (κ1) is 19.8. The van der Waals surface area contributed by atoms with Crippen molar-refractivity contribution >= 4 is 39.2 Å². The van der Waals surface area contributed by atoms with E-state index in [4.69, 9.17) is 4.98 Å². The number of hydrogen-bond acceptors (Lipinski definition) is 5. The predicted octanol–water partition coefficient (Wildman–Crippen LogP) is 4.07. The minimum atomic E-state index is -0.00180. The standard InChI is InChI=1S/C23H25N3O2S2/c27-20(26-11-9-15-5-1-2-6-16(15)13-26)10-12-29-14-19-24-22(28)21-17-7-3-4-8-18(17)30-23(21)25-19/h1-2,5-6H,3-4,7-14H2,(H,24,25,28). The van der Waals surface area contributed by atoms with Crippen LogP contribution in [0.4, 0.5) is 0 Å². The fourth-order valence-corrected chi connectivity index (χ4v) is 6.55. The van der Waals surface area contributed by atoms with Crippen molar-refractivity contribution in [2.75, 3.05) is 12.3 Å². The van der Waals surface area contributed by atoms with Gasteiger partial charge in [0, 0.05) is 30.1 Å². The Morgan fingerprint density at radius 1 is 1.17 bits per heavy atom. The summed E-state index contributed by atoms with van der Waals surface area (Å²) in [6.45, 7) is 1.52. The molecule has 2 aliphatic rings. The van der Waals surface area contributed by atoms with Crippen molar-refractivity contribution in [3.8, 4) is 0 Å². The molecule has 2 aromatic heterocycles. The van der Waals surface area contributed by atoms with Crippen LogP contribution in [0.1, 0.15) is 46.7 Å². The summed E-state index contributed by atoms with van der Waals surface area (Å²) in [5, 5.41) is 0.809. The van der Waals surface area contributed by atoms with Crippen molar-refractivity contribution in [1.82, 2.24) is 14.9 Å². The molecule has 1 aliphatic carbocycles. The van der Waals surface area contributed by atoms with Crippen molar-refractivity contribution in [1.29, 1.82) is 0 Å². The number of nitrogens with zero attached hydrogens (tertiary/aromatic N) is 2. The molecule has 1 N–H and O–H groups in total. The van der Waals surface area contributed by atoms with Crippen LogP contribution in [-0.4, -0.2) is 33.1 Å². The molecule has 7 heteroatoms. The van der Waals surface area contributed by atoms with E-state index in [0.29, 0.717) is 18.7 Å². The number of nitrogens with one attached hydrogen (secondary N) is 1. The Hall–Kier alpha value is -2.12. The number of carbonyl (C=O) groups is 1. The highest BCUT2D eigenvalue weighted by Crippen LogP contribution is 2.33. The van der Waals surface area contributed by atoms with Gasteiger partial charge in [-0.3, -0.25) is 9.59 Å². The molecular formula is C23H25N3O2S2. The van der Waals surface area contributed by atoms with Gasteiger partial charge in [-0.25, -0.2) is 4.98 Å². The lowest BCUT2D eigenvalue weighted by atomic mass is 9.97. The Labute approximate surface area is 183 Å². The summed E-state index contributed by atoms with van der Waals surface area (Å²) in [4.78, 5) is 37.1. The maximum atomic E-state index is 12.6. The van der Waals surface area contributed by atoms with Gasteiger partial charge in [-0.2, -0.15) is 11.8 Å². The van der Waals surface area contributed by atoms with Crippen LogP contribution in [-0.2, 0) is 36.4 Å². The number of benzene rings is 1. The predicted molar refractivity (Wildman–Crippen MR) is 123 cm³/mol. The highest BCUT2D eigenvalue weighted by atomic mass is 32.2. The van der Waals surface area contributed by atoms with Crippen LogP contribution >= 0.6 is 23.1 Å². The second-order valence-corrected chi connectivity index (χ2v) is 10.2. The second-order valence-electron chi connectivity index (χ2n) is 8.04. The van der Waals surface area contributed by atoms with Crippen molar-refractivity contribution in [2.45, 2.75) is 50.8 Å². The molecule has 30 heavy (non-hydrogen) atoms. The molecular weight excluding hydrogens is 414 g/mol. The van der Waals surface area contributed by atoms with Gasteiger partial charge in [0.2, 0.25) is 5.91 Å². The second kappa shape index (κ2) is 8.55. The number of thioether (sulfide) groups is 1. The first-order chi connectivity index (χ1) is 14.7. The summed E-state index contributed by atoms with van der Waals surface area (Å²) < 4.78 is 0. The van der Waals surface area contributed by atoms with Gasteiger partial charge in [0.25, 0.3) is 5.56 Å². The SMILES string of the molecule is O=C(CCSCc1nc2sc3c(c2c(=O)[nH]1)CCCC3)N1CCc2ccccc2C1. The number of carbonyl (C=O) groups excluding carboxylic acids is 1. The van der Waals surface area contributed by atoms with Gasteiger partial charge in [0.05, 0.1) is 11.1 Å². The molecule has 0 spiro atoms. The summed E-state index contributed by atoms with van der Waals surface area (Å²) in [5.41, 5.74) is 3.84. The van der Waals surface area contributed by atoms with E-state index in [0.717, 1.165) is 54.0 Å². The highest BCUT2D eigenvalue weighted by Gasteiger charge is 2.21. The zero-order valence-corrected chi connectivity index (χ0v) is 18.5. The molecule has 0 atom stereocenters. The fourth-order valence-electron chi connectivity index (χ4n) is 4.47. The number of hydrogen-bond donors (Lipinski definition) is 1. The molecule has 5 rings (SSSR count). The Morgan fingerprint density at radius 2 is 2.00 bits per heavy atom. The monoisotopic (exact) mass is 439 g/mol. The molecule has 3 heterocycles. The lowest BCUT2D eigenvalue weighted by molar-refractivity contribution is -0.131. The van der Waals surface area contributed by atoms with E-state index in [9.17, 15) is 9.59 Å². The van der Waals surface area contributed by atoms with Crippen LogP contribution in [0.15, 0.2) is 29.1 Å². The van der Waals surface area contributed by atoms with Gasteiger partial charge >= 0.3 is 0 Å². The molecule has 1 amide bonds. The number of H-pyrrole nitrogens is 1. The van der Waals surface area contributed by atoms with Crippen LogP contribution < -0.4 is 5.56 Å². The Balaban J connectivity index is 1.17. The maximum absolute atomic E-state index is 12.6. The van der Waals surface area contributed by atoms with E-state index in [1.54, 1.807) is 23.1 Å². The Bertz CT molecular complexity index is 1150. The number of thiophene rings is 1. The molecule has 5 nitrogen and oxygen atoms in total. The van der Waals surface area contributed by atoms with E-state index in [1.165, 1.54) is 28.0 Å². The van der Waals surface area contributed by atoms with Gasteiger partial charge in [-0.05, 0) is 48.8 Å². The third-order valence-corrected chi connectivity index (χ3v) is 8.21. The Morgan fingerprint density at radius 3 is 2.90 bits per heavy atom. The summed E-state index contributed by atoms with van der Waals surface area (Å²) in [6.07, 6.45) is 5.89. The van der Waals surface area contributed by atoms with Gasteiger partial charge in [0.1, 0.15) is 10.7 Å². The van der Waals surface area contributed by atoms with E-state index >= 15 is 0 Å². The number of aryl methyl sites for hydroxylation is 2. The molecule has 1 aliphatic heterocycles. The number of amides is 1. The fraction of sp³-hybridized carbons (Fsp3) is 0.435. The van der Waals surface area contributed by atoms with E-state index in [2.05, 4.69) is 23.2 Å². The minimum absolute atomic E-state index is 0.00180. The lowest BCUT2D eigenvalue weighted by Gasteiger charge is -2.28. The third kappa shape index (κ3) is 3.93. The molecule has 3 aromatic rings. The summed E-state index contributed by atoms with van der Waals surface area (Å²) in [5.74, 6) is 2.29. The van der Waals surface area contributed by atoms with Gasteiger partial charge in [0.15, 0.2) is 0 Å². The molecule has 0 unspecified atom stereocenters. The van der Waals surface area contributed by atoms with Gasteiger partial charge < -0.3 is 9.88 Å². The number of aromatic amines is 1. The first-order valence-electron chi connectivity index (χ1n) is 10.6. The normalized spacial score (nSPS) is 15.8. The summed E-state index contributed by atoms with van der Waals surface area (Å²) >= 11 is 3.35. The van der Waals surface area contributed by atoms with Crippen LogP contribution in [0.2, 0.25) is 0 Å². The number of rotatable bonds is 5. The third-order valence-electron chi connectivity index (χ3n) is 6.06. The van der Waals surface area contributed by atoms with Crippen LogP contribution in [0.3, 0.4) is 0 Å². The van der Waals surface area contributed by atoms with E-state index in [-0.39, 0.29) is 11.5 Å². The molecule has 0 radical (unpaired) electrons. The zero-order valence-electron chi connectivity index (χ0n) is 16.9. The van der Waals surface area contributed by atoms with Crippen LogP contribution in [0.25, 0.3) is 10.2 Å². The largest absolute Gasteiger partial charge is 0.338 e. The van der Waals surface area contributed by atoms with Gasteiger partial charge in [-0.1, -0.05) is 24.3 Å². The van der Waals surface area contributed by atoms with E-state index < -0.39 is 0 Å². The molecule has 0 bridgehead atoms. The molecule has 156 valence electrons. The first-order valence-corrected chi connectivity index (χ1v) is 12.6. The molecule has 0 saturated heterocycles. The average Bonchev–Trinajstić information content (AvgIpc) is 3.15. The lowest BCUT2D eigenvalue weighted by Crippen LogP contribution is -2.36. The van der Waals surface area contributed by atoms with Crippen LogP contribution in [0.5, 0.6) is 0 Å². The van der Waals surface area contributed by atoms with Crippen molar-refractivity contribution in [3.05, 3.63) is 62.0 Å². The van der Waals surface area contributed by atoms with Crippen molar-refractivity contribution in [2.24, 2.45) is 0 Å². The zero-order chi connectivity index (χ0) is 20.5. The topological polar surface area (TPSA) is 66.1 Å². The van der Waals surface area contributed by atoms with Crippen molar-refractivity contribution < 1.29 is 4.79 Å². The number of fused-ring (bicyclic) bond motifs is 4. The van der Waals surface area contributed by atoms with Crippen LogP contribution in [0, 0.1) is 0 Å². The van der Waals surface area contributed by atoms with Crippen molar-refractivity contribution in [3.63, 3.8) is 0 Å². The average molecular weight is 440 g/mol.